The van der Waals surface area contributed by atoms with Crippen molar-refractivity contribution in [1.82, 2.24) is 21.3 Å². The average Bonchev–Trinajstić information content (AvgIpc) is 3.16. The predicted molar refractivity (Wildman–Crippen MR) is 213 cm³/mol. The second-order valence-electron chi connectivity index (χ2n) is 12.6. The van der Waals surface area contributed by atoms with E-state index in [4.69, 9.17) is 11.5 Å². The minimum atomic E-state index is -1.03. The maximum absolute atomic E-state index is 13.9. The van der Waals surface area contributed by atoms with Crippen molar-refractivity contribution in [3.05, 3.63) is 132 Å². The number of rotatable bonds is 20. The normalized spacial score (nSPS) is 12.4. The van der Waals surface area contributed by atoms with Crippen LogP contribution in [-0.2, 0) is 38.4 Å². The van der Waals surface area contributed by atoms with Crippen LogP contribution >= 0.6 is 11.8 Å². The smallest absolute Gasteiger partial charge is 0.244 e. The fourth-order valence-corrected chi connectivity index (χ4v) is 6.27. The number of carbonyl (C=O) groups is 4. The zero-order valence-electron chi connectivity index (χ0n) is 30.0. The van der Waals surface area contributed by atoms with E-state index < -0.39 is 29.9 Å². The zero-order valence-corrected chi connectivity index (χ0v) is 30.8. The molecular weight excluding hydrogens is 687 g/mol. The van der Waals surface area contributed by atoms with Crippen LogP contribution < -0.4 is 32.7 Å². The first-order valence-corrected chi connectivity index (χ1v) is 19.1. The highest BCUT2D eigenvalue weighted by Gasteiger charge is 2.29. The van der Waals surface area contributed by atoms with Crippen LogP contribution in [0.25, 0.3) is 11.1 Å². The van der Waals surface area contributed by atoms with Crippen LogP contribution in [0.5, 0.6) is 0 Å². The maximum Gasteiger partial charge on any atom is 0.244 e. The van der Waals surface area contributed by atoms with Crippen LogP contribution in [0.1, 0.15) is 29.5 Å². The van der Waals surface area contributed by atoms with Gasteiger partial charge in [-0.2, -0.15) is 11.8 Å². The Bertz CT molecular complexity index is 1770. The van der Waals surface area contributed by atoms with Gasteiger partial charge in [-0.1, -0.05) is 115 Å². The Balaban J connectivity index is 1.43. The van der Waals surface area contributed by atoms with E-state index in [1.807, 2.05) is 122 Å². The number of benzene rings is 4. The Kier molecular flexibility index (Phi) is 16.4. The molecule has 4 rings (SSSR count). The first-order valence-electron chi connectivity index (χ1n) is 17.7. The third kappa shape index (κ3) is 14.1. The number of nitrogens with two attached hydrogens (primary N) is 2. The lowest BCUT2D eigenvalue weighted by Crippen LogP contribution is -2.57. The molecule has 278 valence electrons. The number of guanidine groups is 1. The number of aliphatic imine (C=N–C) groups is 1. The van der Waals surface area contributed by atoms with Gasteiger partial charge < -0.3 is 32.7 Å². The molecule has 0 fully saturated rings. The fourth-order valence-electron chi connectivity index (χ4n) is 5.70. The number of carbonyl (C=O) groups excluding carboxylic acids is 4. The Morgan fingerprint density at radius 1 is 0.642 bits per heavy atom. The number of nitrogens with zero attached hydrogens (tertiary/aromatic N) is 1. The van der Waals surface area contributed by atoms with Crippen LogP contribution in [0.3, 0.4) is 0 Å². The van der Waals surface area contributed by atoms with Crippen LogP contribution in [-0.4, -0.2) is 72.8 Å². The molecule has 8 N–H and O–H groups in total. The van der Waals surface area contributed by atoms with Crippen molar-refractivity contribution in [2.75, 3.05) is 25.1 Å². The monoisotopic (exact) mass is 735 g/mol. The molecule has 0 bridgehead atoms. The van der Waals surface area contributed by atoms with Crippen LogP contribution in [0.2, 0.25) is 0 Å². The quantitative estimate of drug-likeness (QED) is 0.0458. The molecule has 0 saturated carbocycles. The number of amides is 4. The topological polar surface area (TPSA) is 181 Å². The molecule has 4 aromatic rings. The van der Waals surface area contributed by atoms with E-state index in [1.165, 1.54) is 11.8 Å². The molecule has 0 aromatic heterocycles. The number of thioether (sulfide) groups is 1. The van der Waals surface area contributed by atoms with E-state index in [9.17, 15) is 19.2 Å². The van der Waals surface area contributed by atoms with Crippen LogP contribution in [0.4, 0.5) is 0 Å². The molecule has 0 aliphatic heterocycles. The molecule has 53 heavy (non-hydrogen) atoms. The van der Waals surface area contributed by atoms with Crippen molar-refractivity contribution in [2.45, 2.75) is 50.2 Å². The van der Waals surface area contributed by atoms with E-state index in [0.717, 1.165) is 27.8 Å². The lowest BCUT2D eigenvalue weighted by Gasteiger charge is -2.25. The van der Waals surface area contributed by atoms with E-state index in [1.54, 1.807) is 0 Å². The minimum Gasteiger partial charge on any atom is -0.370 e. The largest absolute Gasteiger partial charge is 0.370 e. The zero-order chi connectivity index (χ0) is 37.8. The summed E-state index contributed by atoms with van der Waals surface area (Å²) in [5.41, 5.74) is 15.9. The molecule has 2 unspecified atom stereocenters. The van der Waals surface area contributed by atoms with Gasteiger partial charge >= 0.3 is 0 Å². The lowest BCUT2D eigenvalue weighted by molar-refractivity contribution is -0.133. The van der Waals surface area contributed by atoms with Gasteiger partial charge in [0.15, 0.2) is 5.96 Å². The summed E-state index contributed by atoms with van der Waals surface area (Å²) in [6.07, 6.45) is 3.35. The summed E-state index contributed by atoms with van der Waals surface area (Å²) < 4.78 is 0. The van der Waals surface area contributed by atoms with Gasteiger partial charge in [0.25, 0.3) is 0 Å². The van der Waals surface area contributed by atoms with Crippen molar-refractivity contribution in [3.63, 3.8) is 0 Å². The number of nitrogens with one attached hydrogen (secondary N) is 4. The second kappa shape index (κ2) is 21.7. The van der Waals surface area contributed by atoms with Gasteiger partial charge in [-0.25, -0.2) is 0 Å². The molecule has 0 spiro atoms. The Morgan fingerprint density at radius 3 is 1.83 bits per heavy atom. The summed E-state index contributed by atoms with van der Waals surface area (Å²) in [6, 6.07) is 34.0. The molecule has 11 nitrogen and oxygen atoms in total. The van der Waals surface area contributed by atoms with Crippen molar-refractivity contribution < 1.29 is 19.2 Å². The molecule has 0 aliphatic rings. The summed E-state index contributed by atoms with van der Waals surface area (Å²) in [7, 11) is 0. The van der Waals surface area contributed by atoms with E-state index in [0.29, 0.717) is 19.4 Å². The van der Waals surface area contributed by atoms with E-state index in [-0.39, 0.29) is 49.3 Å². The van der Waals surface area contributed by atoms with Gasteiger partial charge in [-0.15, -0.1) is 0 Å². The van der Waals surface area contributed by atoms with Crippen molar-refractivity contribution in [1.29, 1.82) is 0 Å². The lowest BCUT2D eigenvalue weighted by atomic mass is 10.0. The highest BCUT2D eigenvalue weighted by atomic mass is 32.2. The maximum atomic E-state index is 13.9. The van der Waals surface area contributed by atoms with Gasteiger partial charge in [-0.05, 0) is 53.3 Å². The highest BCUT2D eigenvalue weighted by Crippen LogP contribution is 2.19. The van der Waals surface area contributed by atoms with Gasteiger partial charge in [0.2, 0.25) is 23.6 Å². The second-order valence-corrected chi connectivity index (χ2v) is 13.5. The summed E-state index contributed by atoms with van der Waals surface area (Å²) in [5.74, 6) is -1.50. The first-order chi connectivity index (χ1) is 25.7. The molecule has 0 aliphatic carbocycles. The summed E-state index contributed by atoms with van der Waals surface area (Å²) in [6.45, 7) is 0.624. The first kappa shape index (κ1) is 40.2. The standard InChI is InChI=1S/C41H49N7O4S/c1-53-28-36(46-37(49)27-31-19-21-33(22-20-31)32-16-9-4-10-17-32)40(52)47-34(18-11-24-45-41(42)43)39(51)48-35(26-30-14-7-3-8-15-30)38(50)44-25-23-29-12-5-2-6-13-29/h2-10,12-17,19-22,34-36H,11,18,23-28H2,1H3,(H,44,50)(H,46,49)(H,47,52)(H,48,51)(H4,42,43,45)/t34?,35-,36?/m0/s1. The highest BCUT2D eigenvalue weighted by molar-refractivity contribution is 7.98. The van der Waals surface area contributed by atoms with E-state index in [2.05, 4.69) is 26.3 Å². The van der Waals surface area contributed by atoms with Crippen molar-refractivity contribution in [3.8, 4) is 11.1 Å². The van der Waals surface area contributed by atoms with E-state index >= 15 is 0 Å². The number of hydrogen-bond donors (Lipinski definition) is 6. The van der Waals surface area contributed by atoms with Gasteiger partial charge in [0.05, 0.1) is 6.42 Å². The molecular formula is C41H49N7O4S. The van der Waals surface area contributed by atoms with Crippen LogP contribution in [0, 0.1) is 0 Å². The predicted octanol–water partition coefficient (Wildman–Crippen LogP) is 3.37. The molecule has 0 radical (unpaired) electrons. The summed E-state index contributed by atoms with van der Waals surface area (Å²) in [5, 5.41) is 11.5. The number of hydrogen-bond acceptors (Lipinski definition) is 6. The Hall–Kier alpha value is -5.62. The van der Waals surface area contributed by atoms with Gasteiger partial charge in [0.1, 0.15) is 18.1 Å². The molecule has 0 saturated heterocycles. The average molecular weight is 736 g/mol. The van der Waals surface area contributed by atoms with Gasteiger partial charge in [-0.3, -0.25) is 24.2 Å². The minimum absolute atomic E-state index is 0.0796. The third-order valence-electron chi connectivity index (χ3n) is 8.46. The molecule has 3 atom stereocenters. The Morgan fingerprint density at radius 2 is 1.21 bits per heavy atom. The molecule has 12 heteroatoms. The summed E-state index contributed by atoms with van der Waals surface area (Å²) in [4.78, 5) is 58.3. The molecule has 4 amide bonds. The van der Waals surface area contributed by atoms with Crippen molar-refractivity contribution in [2.24, 2.45) is 16.5 Å². The molecule has 0 heterocycles. The Labute approximate surface area is 315 Å². The molecule has 4 aromatic carbocycles. The third-order valence-corrected chi connectivity index (χ3v) is 9.13. The van der Waals surface area contributed by atoms with Crippen molar-refractivity contribution >= 4 is 41.4 Å². The summed E-state index contributed by atoms with van der Waals surface area (Å²) >= 11 is 1.39. The SMILES string of the molecule is CSCC(NC(=O)Cc1ccc(-c2ccccc2)cc1)C(=O)NC(CCCN=C(N)N)C(=O)N[C@@H](Cc1ccccc1)C(=O)NCCc1ccccc1. The fraction of sp³-hybridized carbons (Fsp3) is 0.293. The van der Waals surface area contributed by atoms with Crippen LogP contribution in [0.15, 0.2) is 120 Å². The van der Waals surface area contributed by atoms with Gasteiger partial charge in [0, 0.05) is 25.3 Å².